The summed E-state index contributed by atoms with van der Waals surface area (Å²) in [5.41, 5.74) is 2.49. The van der Waals surface area contributed by atoms with E-state index in [0.717, 1.165) is 49.2 Å². The zero-order valence-corrected chi connectivity index (χ0v) is 16.5. The van der Waals surface area contributed by atoms with Crippen LogP contribution in [0.15, 0.2) is 47.4 Å². The zero-order chi connectivity index (χ0) is 19.7. The van der Waals surface area contributed by atoms with Crippen molar-refractivity contribution in [1.29, 1.82) is 0 Å². The van der Waals surface area contributed by atoms with Gasteiger partial charge in [0.1, 0.15) is 13.7 Å². The zero-order valence-electron chi connectivity index (χ0n) is 15.7. The second kappa shape index (κ2) is 7.43. The molecule has 0 spiro atoms. The van der Waals surface area contributed by atoms with E-state index in [1.807, 2.05) is 12.1 Å². The summed E-state index contributed by atoms with van der Waals surface area (Å²) in [6, 6.07) is 12.0. The van der Waals surface area contributed by atoms with E-state index >= 15 is 0 Å². The number of fused-ring (bicyclic) bond motifs is 1. The van der Waals surface area contributed by atoms with E-state index in [1.165, 1.54) is 6.07 Å². The summed E-state index contributed by atoms with van der Waals surface area (Å²) in [6.45, 7) is 2.63. The van der Waals surface area contributed by atoms with Crippen LogP contribution in [0.4, 0.5) is 5.69 Å². The maximum absolute atomic E-state index is 12.9. The van der Waals surface area contributed by atoms with Crippen molar-refractivity contribution in [3.8, 4) is 11.4 Å². The topological polar surface area (TPSA) is 76.9 Å². The molecule has 142 valence electrons. The van der Waals surface area contributed by atoms with Crippen LogP contribution in [-0.2, 0) is 23.0 Å². The van der Waals surface area contributed by atoms with Crippen LogP contribution in [0.2, 0.25) is 0 Å². The van der Waals surface area contributed by atoms with Gasteiger partial charge in [-0.2, -0.15) is 0 Å². The number of nitrogens with one attached hydrogen (secondary N) is 1. The van der Waals surface area contributed by atoms with Gasteiger partial charge >= 0.3 is 0 Å². The molecular formula is C20H21BN4O2S. The van der Waals surface area contributed by atoms with E-state index in [0.29, 0.717) is 17.0 Å². The first kappa shape index (κ1) is 18.7. The van der Waals surface area contributed by atoms with Crippen LogP contribution in [-0.4, -0.2) is 31.0 Å². The highest BCUT2D eigenvalue weighted by Gasteiger charge is 2.21. The largest absolute Gasteiger partial charge is 0.311 e. The molecule has 8 heteroatoms. The van der Waals surface area contributed by atoms with Crippen LogP contribution in [0.5, 0.6) is 0 Å². The second-order valence-electron chi connectivity index (χ2n) is 7.07. The third-order valence-corrected chi connectivity index (χ3v) is 6.44. The Labute approximate surface area is 166 Å². The maximum Gasteiger partial charge on any atom is 0.261 e. The van der Waals surface area contributed by atoms with E-state index in [-0.39, 0.29) is 4.90 Å². The number of anilines is 1. The van der Waals surface area contributed by atoms with Crippen molar-refractivity contribution < 1.29 is 8.42 Å². The first-order valence-electron chi connectivity index (χ1n) is 9.36. The lowest BCUT2D eigenvalue weighted by atomic mass is 9.92. The lowest BCUT2D eigenvalue weighted by molar-refractivity contribution is 0.601. The van der Waals surface area contributed by atoms with Crippen molar-refractivity contribution in [3.05, 3.63) is 53.9 Å². The number of aryl methyl sites for hydroxylation is 2. The highest BCUT2D eigenvalue weighted by atomic mass is 32.2. The first-order valence-corrected chi connectivity index (χ1v) is 10.8. The van der Waals surface area contributed by atoms with Gasteiger partial charge < -0.3 is 4.57 Å². The quantitative estimate of drug-likeness (QED) is 0.693. The van der Waals surface area contributed by atoms with Gasteiger partial charge in [-0.1, -0.05) is 35.6 Å². The molecule has 0 amide bonds. The minimum Gasteiger partial charge on any atom is -0.311 e. The van der Waals surface area contributed by atoms with E-state index in [4.69, 9.17) is 7.85 Å². The average Bonchev–Trinajstić information content (AvgIpc) is 2.92. The average molecular weight is 392 g/mol. The second-order valence-corrected chi connectivity index (χ2v) is 8.75. The van der Waals surface area contributed by atoms with Crippen molar-refractivity contribution in [2.45, 2.75) is 44.0 Å². The number of sulfonamides is 1. The van der Waals surface area contributed by atoms with E-state index in [2.05, 4.69) is 19.5 Å². The molecule has 0 aliphatic carbocycles. The minimum absolute atomic E-state index is 0.175. The summed E-state index contributed by atoms with van der Waals surface area (Å²) in [5.74, 6) is 1.66. The van der Waals surface area contributed by atoms with Crippen molar-refractivity contribution in [1.82, 2.24) is 14.8 Å². The highest BCUT2D eigenvalue weighted by Crippen LogP contribution is 2.30. The Morgan fingerprint density at radius 2 is 1.89 bits per heavy atom. The van der Waals surface area contributed by atoms with Gasteiger partial charge in [-0.05, 0) is 44.0 Å². The van der Waals surface area contributed by atoms with Gasteiger partial charge in [-0.25, -0.2) is 8.42 Å². The molecule has 2 heterocycles. The fourth-order valence-electron chi connectivity index (χ4n) is 3.47. The van der Waals surface area contributed by atoms with Crippen LogP contribution < -0.4 is 10.2 Å². The van der Waals surface area contributed by atoms with Crippen LogP contribution in [0, 0.1) is 6.92 Å². The molecule has 0 atom stereocenters. The molecular weight excluding hydrogens is 371 g/mol. The molecule has 1 aliphatic rings. The number of nitrogens with zero attached hydrogens (tertiary/aromatic N) is 3. The summed E-state index contributed by atoms with van der Waals surface area (Å²) in [4.78, 5) is 0.175. The summed E-state index contributed by atoms with van der Waals surface area (Å²) >= 11 is 0. The van der Waals surface area contributed by atoms with Gasteiger partial charge in [0.25, 0.3) is 10.0 Å². The Morgan fingerprint density at radius 1 is 1.07 bits per heavy atom. The normalized spacial score (nSPS) is 14.3. The smallest absolute Gasteiger partial charge is 0.261 e. The molecule has 0 saturated heterocycles. The summed E-state index contributed by atoms with van der Waals surface area (Å²) < 4.78 is 30.7. The predicted octanol–water partition coefficient (Wildman–Crippen LogP) is 2.57. The fraction of sp³-hybridized carbons (Fsp3) is 0.300. The minimum atomic E-state index is -3.76. The van der Waals surface area contributed by atoms with E-state index < -0.39 is 10.0 Å². The van der Waals surface area contributed by atoms with Gasteiger partial charge in [0.05, 0.1) is 10.6 Å². The third kappa shape index (κ3) is 3.56. The monoisotopic (exact) mass is 392 g/mol. The highest BCUT2D eigenvalue weighted by molar-refractivity contribution is 7.92. The van der Waals surface area contributed by atoms with Crippen molar-refractivity contribution in [2.75, 3.05) is 4.72 Å². The molecule has 2 aromatic carbocycles. The number of hydrogen-bond donors (Lipinski definition) is 1. The van der Waals surface area contributed by atoms with Crippen LogP contribution >= 0.6 is 0 Å². The van der Waals surface area contributed by atoms with E-state index in [1.54, 1.807) is 31.2 Å². The van der Waals surface area contributed by atoms with Crippen molar-refractivity contribution in [2.24, 2.45) is 0 Å². The molecule has 0 saturated carbocycles. The summed E-state index contributed by atoms with van der Waals surface area (Å²) in [7, 11) is 2.06. The molecule has 1 aliphatic heterocycles. The molecule has 0 fully saturated rings. The molecule has 4 rings (SSSR count). The Kier molecular flexibility index (Phi) is 4.97. The number of rotatable bonds is 4. The molecule has 0 unspecified atom stereocenters. The van der Waals surface area contributed by atoms with Crippen LogP contribution in [0.25, 0.3) is 11.4 Å². The Morgan fingerprint density at radius 3 is 2.71 bits per heavy atom. The van der Waals surface area contributed by atoms with Gasteiger partial charge in [0, 0.05) is 18.5 Å². The van der Waals surface area contributed by atoms with Crippen LogP contribution in [0.1, 0.15) is 30.7 Å². The Balaban J connectivity index is 1.73. The van der Waals surface area contributed by atoms with Crippen molar-refractivity contribution >= 4 is 29.0 Å². The Bertz CT molecular complexity index is 1120. The number of hydrogen-bond acceptors (Lipinski definition) is 4. The molecule has 1 N–H and O–H groups in total. The number of benzene rings is 2. The predicted molar refractivity (Wildman–Crippen MR) is 110 cm³/mol. The summed E-state index contributed by atoms with van der Waals surface area (Å²) in [6.07, 6.45) is 4.22. The summed E-state index contributed by atoms with van der Waals surface area (Å²) in [5, 5.41) is 8.69. The molecule has 6 nitrogen and oxygen atoms in total. The lowest BCUT2D eigenvalue weighted by Gasteiger charge is -2.14. The SMILES string of the molecule is [B]c1ccc(S(=O)(=O)Nc2ccccc2-c2nnc3n2CCCCC3)cc1C. The molecule has 3 aromatic rings. The number of aromatic nitrogens is 3. The van der Waals surface area contributed by atoms with Gasteiger partial charge in [-0.3, -0.25) is 4.72 Å². The van der Waals surface area contributed by atoms with Gasteiger partial charge in [-0.15, -0.1) is 10.2 Å². The van der Waals surface area contributed by atoms with Gasteiger partial charge in [0.15, 0.2) is 5.82 Å². The van der Waals surface area contributed by atoms with E-state index in [9.17, 15) is 8.42 Å². The molecule has 28 heavy (non-hydrogen) atoms. The third-order valence-electron chi connectivity index (χ3n) is 5.07. The maximum atomic E-state index is 12.9. The Hall–Kier alpha value is -2.61. The lowest BCUT2D eigenvalue weighted by Crippen LogP contribution is -2.16. The molecule has 1 aromatic heterocycles. The van der Waals surface area contributed by atoms with Gasteiger partial charge in [0.2, 0.25) is 0 Å². The molecule has 0 bridgehead atoms. The fourth-order valence-corrected chi connectivity index (χ4v) is 4.63. The standard InChI is InChI=1S/C20H21BN4O2S/c1-14-13-15(10-11-17(14)21)28(26,27)24-18-8-5-4-7-16(18)20-23-22-19-9-3-2-6-12-25(19)20/h4-5,7-8,10-11,13,24H,2-3,6,9,12H2,1H3. The van der Waals surface area contributed by atoms with Crippen LogP contribution in [0.3, 0.4) is 0 Å². The number of para-hydroxylation sites is 1. The first-order chi connectivity index (χ1) is 13.5. The molecule has 2 radical (unpaired) electrons. The van der Waals surface area contributed by atoms with Crippen molar-refractivity contribution in [3.63, 3.8) is 0 Å².